The lowest BCUT2D eigenvalue weighted by atomic mass is 10.0. The molecule has 2 N–H and O–H groups in total. The summed E-state index contributed by atoms with van der Waals surface area (Å²) in [5.74, 6) is 0.228. The molecule has 0 aliphatic carbocycles. The molecule has 24 heavy (non-hydrogen) atoms. The highest BCUT2D eigenvalue weighted by atomic mass is 35.5. The first-order valence-electron chi connectivity index (χ1n) is 7.59. The van der Waals surface area contributed by atoms with Crippen LogP contribution in [0.15, 0.2) is 18.2 Å². The fourth-order valence-electron chi connectivity index (χ4n) is 2.52. The topological polar surface area (TPSA) is 49.6 Å². The number of carbonyl (C=O) groups is 1. The van der Waals surface area contributed by atoms with Crippen LogP contribution >= 0.6 is 48.0 Å². The smallest absolute Gasteiger partial charge is 0.239 e. The van der Waals surface area contributed by atoms with E-state index in [0.717, 1.165) is 38.3 Å². The monoisotopic (exact) mass is 415 g/mol. The van der Waals surface area contributed by atoms with E-state index in [2.05, 4.69) is 4.90 Å². The van der Waals surface area contributed by atoms with Crippen LogP contribution < -0.4 is 5.73 Å². The highest BCUT2D eigenvalue weighted by Crippen LogP contribution is 2.23. The lowest BCUT2D eigenvalue weighted by molar-refractivity contribution is -0.135. The van der Waals surface area contributed by atoms with Gasteiger partial charge in [-0.25, -0.2) is 0 Å². The van der Waals surface area contributed by atoms with Gasteiger partial charge in [-0.3, -0.25) is 9.69 Å². The standard InChI is InChI=1S/C16H23Cl2N3O.2ClH/c1-11(2)15(19)16(22)21-7-5-20(6-8-21)10-12-3-4-13(17)14(18)9-12;;/h3-4,9,11,15H,5-8,10,19H2,1-2H3;2*1H/t15-;;/m0../s1. The van der Waals surface area contributed by atoms with Gasteiger partial charge in [0, 0.05) is 32.7 Å². The highest BCUT2D eigenvalue weighted by Gasteiger charge is 2.26. The third-order valence-electron chi connectivity index (χ3n) is 4.08. The predicted molar refractivity (Wildman–Crippen MR) is 106 cm³/mol. The zero-order chi connectivity index (χ0) is 16.3. The van der Waals surface area contributed by atoms with E-state index in [4.69, 9.17) is 28.9 Å². The summed E-state index contributed by atoms with van der Waals surface area (Å²) in [7, 11) is 0. The number of rotatable bonds is 4. The summed E-state index contributed by atoms with van der Waals surface area (Å²) >= 11 is 12.0. The van der Waals surface area contributed by atoms with Crippen molar-refractivity contribution < 1.29 is 4.79 Å². The number of carbonyl (C=O) groups excluding carboxylic acids is 1. The molecule has 1 aliphatic rings. The third-order valence-corrected chi connectivity index (χ3v) is 4.82. The van der Waals surface area contributed by atoms with Crippen LogP contribution in [0.4, 0.5) is 0 Å². The van der Waals surface area contributed by atoms with Crippen molar-refractivity contribution in [2.45, 2.75) is 26.4 Å². The van der Waals surface area contributed by atoms with E-state index in [9.17, 15) is 4.79 Å². The van der Waals surface area contributed by atoms with Crippen LogP contribution in [0, 0.1) is 5.92 Å². The Kier molecular flexibility index (Phi) is 10.6. The van der Waals surface area contributed by atoms with Crippen molar-refractivity contribution in [2.24, 2.45) is 11.7 Å². The molecule has 0 bridgehead atoms. The van der Waals surface area contributed by atoms with Gasteiger partial charge in [0.15, 0.2) is 0 Å². The molecule has 138 valence electrons. The van der Waals surface area contributed by atoms with Gasteiger partial charge in [0.25, 0.3) is 0 Å². The number of amides is 1. The van der Waals surface area contributed by atoms with Gasteiger partial charge in [-0.1, -0.05) is 43.1 Å². The summed E-state index contributed by atoms with van der Waals surface area (Å²) in [5.41, 5.74) is 7.08. The van der Waals surface area contributed by atoms with Crippen LogP contribution in [0.2, 0.25) is 10.0 Å². The molecule has 0 saturated carbocycles. The average molecular weight is 417 g/mol. The summed E-state index contributed by atoms with van der Waals surface area (Å²) in [6.45, 7) is 7.90. The van der Waals surface area contributed by atoms with Crippen LogP contribution in [-0.2, 0) is 11.3 Å². The Morgan fingerprint density at radius 1 is 1.12 bits per heavy atom. The minimum Gasteiger partial charge on any atom is -0.339 e. The Morgan fingerprint density at radius 3 is 2.21 bits per heavy atom. The quantitative estimate of drug-likeness (QED) is 0.817. The maximum absolute atomic E-state index is 12.2. The van der Waals surface area contributed by atoms with Crippen molar-refractivity contribution in [2.75, 3.05) is 26.2 Å². The normalized spacial score (nSPS) is 16.3. The van der Waals surface area contributed by atoms with E-state index in [0.29, 0.717) is 10.0 Å². The molecular weight excluding hydrogens is 392 g/mol. The number of piperazine rings is 1. The van der Waals surface area contributed by atoms with E-state index in [1.807, 2.05) is 36.9 Å². The van der Waals surface area contributed by atoms with Crippen LogP contribution in [0.3, 0.4) is 0 Å². The molecular formula is C16H25Cl4N3O. The molecule has 1 fully saturated rings. The molecule has 0 radical (unpaired) electrons. The summed E-state index contributed by atoms with van der Waals surface area (Å²) in [6, 6.07) is 5.30. The van der Waals surface area contributed by atoms with E-state index < -0.39 is 6.04 Å². The summed E-state index contributed by atoms with van der Waals surface area (Å²) in [4.78, 5) is 16.4. The van der Waals surface area contributed by atoms with Crippen LogP contribution in [-0.4, -0.2) is 47.9 Å². The van der Waals surface area contributed by atoms with Gasteiger partial charge in [0.1, 0.15) is 0 Å². The predicted octanol–water partition coefficient (Wildman–Crippen LogP) is 3.46. The molecule has 0 unspecified atom stereocenters. The number of benzene rings is 1. The fraction of sp³-hybridized carbons (Fsp3) is 0.562. The molecule has 1 aromatic carbocycles. The minimum atomic E-state index is -0.401. The molecule has 1 amide bonds. The van der Waals surface area contributed by atoms with Crippen molar-refractivity contribution in [3.63, 3.8) is 0 Å². The Morgan fingerprint density at radius 2 is 1.71 bits per heavy atom. The van der Waals surface area contributed by atoms with Crippen molar-refractivity contribution in [3.05, 3.63) is 33.8 Å². The summed E-state index contributed by atoms with van der Waals surface area (Å²) in [6.07, 6.45) is 0. The largest absolute Gasteiger partial charge is 0.339 e. The average Bonchev–Trinajstić information content (AvgIpc) is 2.50. The number of halogens is 4. The lowest BCUT2D eigenvalue weighted by Crippen LogP contribution is -2.54. The number of nitrogens with zero attached hydrogens (tertiary/aromatic N) is 2. The second kappa shape index (κ2) is 10.7. The van der Waals surface area contributed by atoms with Gasteiger partial charge in [0.05, 0.1) is 16.1 Å². The minimum absolute atomic E-state index is 0. The molecule has 2 rings (SSSR count). The molecule has 1 heterocycles. The number of nitrogens with two attached hydrogens (primary N) is 1. The Bertz CT molecular complexity index is 534. The maximum atomic E-state index is 12.2. The maximum Gasteiger partial charge on any atom is 0.239 e. The first-order valence-corrected chi connectivity index (χ1v) is 8.34. The summed E-state index contributed by atoms with van der Waals surface area (Å²) in [5, 5.41) is 1.15. The van der Waals surface area contributed by atoms with E-state index in [1.165, 1.54) is 0 Å². The zero-order valence-electron chi connectivity index (χ0n) is 13.9. The van der Waals surface area contributed by atoms with Crippen molar-refractivity contribution in [3.8, 4) is 0 Å². The second-order valence-corrected chi connectivity index (χ2v) is 6.93. The van der Waals surface area contributed by atoms with Crippen molar-refractivity contribution >= 4 is 53.9 Å². The van der Waals surface area contributed by atoms with Crippen LogP contribution in [0.5, 0.6) is 0 Å². The summed E-state index contributed by atoms with van der Waals surface area (Å²) < 4.78 is 0. The van der Waals surface area contributed by atoms with Gasteiger partial charge in [-0.2, -0.15) is 0 Å². The van der Waals surface area contributed by atoms with Gasteiger partial charge >= 0.3 is 0 Å². The van der Waals surface area contributed by atoms with E-state index >= 15 is 0 Å². The third kappa shape index (κ3) is 6.25. The van der Waals surface area contributed by atoms with E-state index in [-0.39, 0.29) is 36.6 Å². The Hall–Kier alpha value is -0.230. The van der Waals surface area contributed by atoms with Crippen LogP contribution in [0.25, 0.3) is 0 Å². The highest BCUT2D eigenvalue weighted by molar-refractivity contribution is 6.42. The van der Waals surface area contributed by atoms with Gasteiger partial charge in [-0.05, 0) is 23.6 Å². The molecule has 1 aromatic rings. The molecule has 8 heteroatoms. The van der Waals surface area contributed by atoms with Crippen molar-refractivity contribution in [1.29, 1.82) is 0 Å². The van der Waals surface area contributed by atoms with E-state index in [1.54, 1.807) is 0 Å². The van der Waals surface area contributed by atoms with Gasteiger partial charge in [-0.15, -0.1) is 24.8 Å². The van der Waals surface area contributed by atoms with Gasteiger partial charge < -0.3 is 10.6 Å². The fourth-order valence-corrected chi connectivity index (χ4v) is 2.84. The van der Waals surface area contributed by atoms with Gasteiger partial charge in [0.2, 0.25) is 5.91 Å². The first-order chi connectivity index (χ1) is 10.4. The lowest BCUT2D eigenvalue weighted by Gasteiger charge is -2.36. The molecule has 1 aliphatic heterocycles. The molecule has 1 atom stereocenters. The zero-order valence-corrected chi connectivity index (χ0v) is 17.0. The van der Waals surface area contributed by atoms with Crippen molar-refractivity contribution in [1.82, 2.24) is 9.80 Å². The molecule has 4 nitrogen and oxygen atoms in total. The second-order valence-electron chi connectivity index (χ2n) is 6.12. The number of hydrogen-bond donors (Lipinski definition) is 1. The SMILES string of the molecule is CC(C)[C@H](N)C(=O)N1CCN(Cc2ccc(Cl)c(Cl)c2)CC1.Cl.Cl. The Labute approximate surface area is 166 Å². The molecule has 0 spiro atoms. The molecule has 1 saturated heterocycles. The van der Waals surface area contributed by atoms with Crippen LogP contribution in [0.1, 0.15) is 19.4 Å². The molecule has 0 aromatic heterocycles. The Balaban J connectivity index is 0.00000264. The first kappa shape index (κ1) is 23.8. The number of hydrogen-bond acceptors (Lipinski definition) is 3.